The molecule has 0 fully saturated rings. The number of amides is 2. The highest BCUT2D eigenvalue weighted by Gasteiger charge is 2.31. The largest absolute Gasteiger partial charge is 0.332 e. The molecule has 0 saturated carbocycles. The Morgan fingerprint density at radius 1 is 1.12 bits per heavy atom. The third kappa shape index (κ3) is 3.24. The van der Waals surface area contributed by atoms with Gasteiger partial charge in [-0.1, -0.05) is 24.3 Å². The van der Waals surface area contributed by atoms with Crippen LogP contribution in [0.2, 0.25) is 0 Å². The summed E-state index contributed by atoms with van der Waals surface area (Å²) in [4.78, 5) is 20.7. The Kier molecular flexibility index (Phi) is 4.16. The molecule has 2 N–H and O–H groups in total. The number of carbonyl (C=O) groups is 1. The van der Waals surface area contributed by atoms with Crippen LogP contribution >= 0.6 is 0 Å². The summed E-state index contributed by atoms with van der Waals surface area (Å²) in [6, 6.07) is 11.7. The predicted octanol–water partition coefficient (Wildman–Crippen LogP) is 3.33. The van der Waals surface area contributed by atoms with Gasteiger partial charge in [0.25, 0.3) is 0 Å². The van der Waals surface area contributed by atoms with Gasteiger partial charge in [0.05, 0.1) is 30.3 Å². The number of aryl methyl sites for hydroxylation is 1. The van der Waals surface area contributed by atoms with Crippen LogP contribution in [-0.2, 0) is 6.42 Å². The predicted molar refractivity (Wildman–Crippen MR) is 95.2 cm³/mol. The molecule has 2 aromatic heterocycles. The van der Waals surface area contributed by atoms with E-state index < -0.39 is 0 Å². The number of pyridine rings is 1. The second-order valence-electron chi connectivity index (χ2n) is 6.13. The Labute approximate surface area is 145 Å². The first-order chi connectivity index (χ1) is 12.3. The molecule has 2 heterocycles. The zero-order valence-electron chi connectivity index (χ0n) is 13.7. The van der Waals surface area contributed by atoms with Gasteiger partial charge in [0.2, 0.25) is 0 Å². The molecular formula is C19H19N5O. The van der Waals surface area contributed by atoms with E-state index in [0.29, 0.717) is 5.69 Å². The molecule has 1 aliphatic carbocycles. The zero-order valence-corrected chi connectivity index (χ0v) is 13.7. The number of nitrogens with zero attached hydrogens (tertiary/aromatic N) is 3. The zero-order chi connectivity index (χ0) is 17.1. The Morgan fingerprint density at radius 3 is 2.84 bits per heavy atom. The van der Waals surface area contributed by atoms with Gasteiger partial charge in [-0.25, -0.2) is 9.78 Å². The van der Waals surface area contributed by atoms with Crippen LogP contribution < -0.4 is 10.6 Å². The Hall–Kier alpha value is -3.15. The van der Waals surface area contributed by atoms with E-state index in [1.807, 2.05) is 30.7 Å². The number of aromatic nitrogens is 3. The number of benzene rings is 1. The molecule has 1 aromatic carbocycles. The monoisotopic (exact) mass is 333 g/mol. The lowest BCUT2D eigenvalue weighted by molar-refractivity contribution is 0.239. The molecule has 2 atom stereocenters. The molecule has 0 spiro atoms. The van der Waals surface area contributed by atoms with Crippen LogP contribution in [0.25, 0.3) is 0 Å². The molecule has 0 aliphatic heterocycles. The third-order valence-electron chi connectivity index (χ3n) is 4.60. The lowest BCUT2D eigenvalue weighted by Gasteiger charge is -2.35. The number of rotatable bonds is 3. The molecule has 0 radical (unpaired) electrons. The molecule has 126 valence electrons. The van der Waals surface area contributed by atoms with Crippen LogP contribution in [0.5, 0.6) is 0 Å². The van der Waals surface area contributed by atoms with E-state index >= 15 is 0 Å². The normalized spacial score (nSPS) is 19.0. The van der Waals surface area contributed by atoms with Crippen molar-refractivity contribution in [1.29, 1.82) is 0 Å². The smallest absolute Gasteiger partial charge is 0.319 e. The van der Waals surface area contributed by atoms with E-state index in [2.05, 4.69) is 37.3 Å². The van der Waals surface area contributed by atoms with Gasteiger partial charge in [-0.05, 0) is 36.1 Å². The molecule has 6 heteroatoms. The lowest BCUT2D eigenvalue weighted by Crippen LogP contribution is -2.39. The first-order valence-corrected chi connectivity index (χ1v) is 8.34. The van der Waals surface area contributed by atoms with Crippen LogP contribution in [0.4, 0.5) is 10.5 Å². The van der Waals surface area contributed by atoms with Crippen molar-refractivity contribution in [1.82, 2.24) is 19.9 Å². The molecule has 25 heavy (non-hydrogen) atoms. The first-order valence-electron chi connectivity index (χ1n) is 8.34. The molecule has 2 amide bonds. The Morgan fingerprint density at radius 2 is 2.04 bits per heavy atom. The summed E-state index contributed by atoms with van der Waals surface area (Å²) in [7, 11) is 0. The minimum absolute atomic E-state index is 0.115. The molecule has 1 aliphatic rings. The standard InChI is InChI=1S/C19H19N5O/c25-19(22-15-5-3-9-20-12-15)23-18-16-6-2-1-4-14(16)7-8-17(18)24-11-10-21-13-24/h1-6,9-13,17-18H,7-8H2,(H2,22,23,25)/t17-,18+/m1/s1. The Bertz CT molecular complexity index is 847. The van der Waals surface area contributed by atoms with Crippen molar-refractivity contribution >= 4 is 11.7 Å². The van der Waals surface area contributed by atoms with Gasteiger partial charge in [0.15, 0.2) is 0 Å². The second-order valence-corrected chi connectivity index (χ2v) is 6.13. The molecule has 3 aromatic rings. The van der Waals surface area contributed by atoms with Gasteiger partial charge >= 0.3 is 6.03 Å². The quantitative estimate of drug-likeness (QED) is 0.772. The van der Waals surface area contributed by atoms with Crippen molar-refractivity contribution in [2.75, 3.05) is 5.32 Å². The minimum Gasteiger partial charge on any atom is -0.332 e. The van der Waals surface area contributed by atoms with Gasteiger partial charge in [-0.15, -0.1) is 0 Å². The van der Waals surface area contributed by atoms with Crippen LogP contribution in [-0.4, -0.2) is 20.6 Å². The van der Waals surface area contributed by atoms with Crippen molar-refractivity contribution in [3.05, 3.63) is 78.6 Å². The summed E-state index contributed by atoms with van der Waals surface area (Å²) < 4.78 is 2.07. The van der Waals surface area contributed by atoms with Crippen molar-refractivity contribution in [3.63, 3.8) is 0 Å². The number of anilines is 1. The van der Waals surface area contributed by atoms with Crippen LogP contribution in [0.3, 0.4) is 0 Å². The van der Waals surface area contributed by atoms with Crippen molar-refractivity contribution in [3.8, 4) is 0 Å². The number of hydrogen-bond donors (Lipinski definition) is 2. The fourth-order valence-electron chi connectivity index (χ4n) is 3.45. The molecular weight excluding hydrogens is 314 g/mol. The highest BCUT2D eigenvalue weighted by atomic mass is 16.2. The van der Waals surface area contributed by atoms with Crippen molar-refractivity contribution in [2.24, 2.45) is 0 Å². The first kappa shape index (κ1) is 15.4. The summed E-state index contributed by atoms with van der Waals surface area (Å²) in [6.07, 6.45) is 10.8. The molecule has 6 nitrogen and oxygen atoms in total. The van der Waals surface area contributed by atoms with Gasteiger partial charge in [-0.3, -0.25) is 4.98 Å². The van der Waals surface area contributed by atoms with Gasteiger partial charge in [0, 0.05) is 18.6 Å². The average Bonchev–Trinajstić information content (AvgIpc) is 3.17. The maximum absolute atomic E-state index is 12.5. The van der Waals surface area contributed by atoms with Crippen LogP contribution in [0, 0.1) is 0 Å². The van der Waals surface area contributed by atoms with E-state index in [0.717, 1.165) is 18.4 Å². The van der Waals surface area contributed by atoms with E-state index in [9.17, 15) is 4.79 Å². The van der Waals surface area contributed by atoms with Gasteiger partial charge in [0.1, 0.15) is 0 Å². The summed E-state index contributed by atoms with van der Waals surface area (Å²) in [5, 5.41) is 5.98. The fraction of sp³-hybridized carbons (Fsp3) is 0.211. The number of carbonyl (C=O) groups excluding carboxylic acids is 1. The fourth-order valence-corrected chi connectivity index (χ4v) is 3.45. The highest BCUT2D eigenvalue weighted by Crippen LogP contribution is 2.37. The maximum atomic E-state index is 12.5. The third-order valence-corrected chi connectivity index (χ3v) is 4.60. The van der Waals surface area contributed by atoms with Crippen LogP contribution in [0.1, 0.15) is 29.6 Å². The summed E-state index contributed by atoms with van der Waals surface area (Å²) in [5.74, 6) is 0. The molecule has 4 rings (SSSR count). The SMILES string of the molecule is O=C(Nc1cccnc1)N[C@H]1c2ccccc2CC[C@H]1n1ccnc1. The topological polar surface area (TPSA) is 71.8 Å². The van der Waals surface area contributed by atoms with E-state index in [1.54, 1.807) is 24.7 Å². The average molecular weight is 333 g/mol. The van der Waals surface area contributed by atoms with Crippen LogP contribution in [0.15, 0.2) is 67.5 Å². The van der Waals surface area contributed by atoms with E-state index in [1.165, 1.54) is 5.56 Å². The van der Waals surface area contributed by atoms with E-state index in [4.69, 9.17) is 0 Å². The minimum atomic E-state index is -0.236. The highest BCUT2D eigenvalue weighted by molar-refractivity contribution is 5.89. The summed E-state index contributed by atoms with van der Waals surface area (Å²) in [5.41, 5.74) is 3.11. The van der Waals surface area contributed by atoms with Gasteiger partial charge < -0.3 is 15.2 Å². The van der Waals surface area contributed by atoms with Gasteiger partial charge in [-0.2, -0.15) is 0 Å². The maximum Gasteiger partial charge on any atom is 0.319 e. The van der Waals surface area contributed by atoms with Crippen molar-refractivity contribution in [2.45, 2.75) is 24.9 Å². The summed E-state index contributed by atoms with van der Waals surface area (Å²) >= 11 is 0. The van der Waals surface area contributed by atoms with Crippen molar-refractivity contribution < 1.29 is 4.79 Å². The number of imidazole rings is 1. The number of hydrogen-bond acceptors (Lipinski definition) is 3. The Balaban J connectivity index is 1.60. The molecule has 0 bridgehead atoms. The van der Waals surface area contributed by atoms with E-state index in [-0.39, 0.29) is 18.1 Å². The molecule has 0 unspecified atom stereocenters. The number of urea groups is 1. The number of nitrogens with one attached hydrogen (secondary N) is 2. The second kappa shape index (κ2) is 6.76. The molecule has 0 saturated heterocycles. The lowest BCUT2D eigenvalue weighted by atomic mass is 9.84. The summed E-state index contributed by atoms with van der Waals surface area (Å²) in [6.45, 7) is 0. The number of fused-ring (bicyclic) bond motifs is 1.